The number of hydrogen-bond donors (Lipinski definition) is 0. The normalized spacial score (nSPS) is 17.7. The molecule has 2 aromatic carbocycles. The molecule has 0 N–H and O–H groups in total. The SMILES string of the molecule is O=C1N=C(N2CCN(c3nsnc3Cl)CC2)S/C1=C/c1ccc(Oc2ccccc2)cc1. The summed E-state index contributed by atoms with van der Waals surface area (Å²) in [6.07, 6.45) is 1.87. The Bertz CT molecular complexity index is 1170. The molecule has 5 rings (SSSR count). The minimum atomic E-state index is -0.205. The van der Waals surface area contributed by atoms with Crippen LogP contribution in [0.2, 0.25) is 5.15 Å². The summed E-state index contributed by atoms with van der Waals surface area (Å²) >= 11 is 8.62. The molecule has 0 radical (unpaired) electrons. The van der Waals surface area contributed by atoms with Gasteiger partial charge in [0.2, 0.25) is 0 Å². The topological polar surface area (TPSA) is 70.9 Å². The van der Waals surface area contributed by atoms with E-state index in [1.165, 1.54) is 11.8 Å². The fraction of sp³-hybridized carbons (Fsp3) is 0.182. The molecule has 0 aliphatic carbocycles. The van der Waals surface area contributed by atoms with E-state index in [0.717, 1.165) is 66.0 Å². The summed E-state index contributed by atoms with van der Waals surface area (Å²) in [7, 11) is 0. The molecule has 10 heteroatoms. The molecular weight excluding hydrogens is 466 g/mol. The van der Waals surface area contributed by atoms with Crippen LogP contribution in [0.25, 0.3) is 6.08 Å². The number of carbonyl (C=O) groups excluding carboxylic acids is 1. The van der Waals surface area contributed by atoms with Crippen LogP contribution in [0.3, 0.4) is 0 Å². The van der Waals surface area contributed by atoms with E-state index >= 15 is 0 Å². The number of aliphatic imine (C=N–C) groups is 1. The molecule has 0 spiro atoms. The van der Waals surface area contributed by atoms with Crippen LogP contribution in [-0.4, -0.2) is 50.9 Å². The summed E-state index contributed by atoms with van der Waals surface area (Å²) in [4.78, 5) is 21.6. The van der Waals surface area contributed by atoms with Crippen molar-refractivity contribution in [3.05, 3.63) is 70.2 Å². The number of rotatable bonds is 4. The largest absolute Gasteiger partial charge is 0.457 e. The maximum Gasteiger partial charge on any atom is 0.286 e. The average Bonchev–Trinajstić information content (AvgIpc) is 3.41. The number of aromatic nitrogens is 2. The molecular formula is C22H18ClN5O2S2. The van der Waals surface area contributed by atoms with E-state index < -0.39 is 0 Å². The van der Waals surface area contributed by atoms with Gasteiger partial charge in [-0.05, 0) is 47.7 Å². The summed E-state index contributed by atoms with van der Waals surface area (Å²) in [5.41, 5.74) is 0.924. The minimum absolute atomic E-state index is 0.205. The van der Waals surface area contributed by atoms with Gasteiger partial charge >= 0.3 is 0 Å². The first-order valence-corrected chi connectivity index (χ1v) is 11.9. The molecule has 1 fully saturated rings. The Morgan fingerprint density at radius 3 is 2.28 bits per heavy atom. The highest BCUT2D eigenvalue weighted by Crippen LogP contribution is 2.32. The predicted molar refractivity (Wildman–Crippen MR) is 130 cm³/mol. The first-order valence-electron chi connectivity index (χ1n) is 9.99. The first-order chi connectivity index (χ1) is 15.7. The van der Waals surface area contributed by atoms with Crippen molar-refractivity contribution in [1.29, 1.82) is 0 Å². The van der Waals surface area contributed by atoms with Crippen LogP contribution in [0.4, 0.5) is 5.82 Å². The van der Waals surface area contributed by atoms with Crippen LogP contribution >= 0.6 is 35.1 Å². The third kappa shape index (κ3) is 4.64. The van der Waals surface area contributed by atoms with Gasteiger partial charge in [-0.3, -0.25) is 4.79 Å². The summed E-state index contributed by atoms with van der Waals surface area (Å²) in [6.45, 7) is 2.99. The highest BCUT2D eigenvalue weighted by atomic mass is 35.5. The number of benzene rings is 2. The number of hydrogen-bond acceptors (Lipinski definition) is 8. The van der Waals surface area contributed by atoms with Gasteiger partial charge in [0.1, 0.15) is 11.5 Å². The average molecular weight is 484 g/mol. The van der Waals surface area contributed by atoms with Gasteiger partial charge in [0.15, 0.2) is 16.1 Å². The van der Waals surface area contributed by atoms with Crippen molar-refractivity contribution in [2.75, 3.05) is 31.1 Å². The third-order valence-corrected chi connectivity index (χ3v) is 6.97. The van der Waals surface area contributed by atoms with Gasteiger partial charge < -0.3 is 14.5 Å². The highest BCUT2D eigenvalue weighted by Gasteiger charge is 2.29. The van der Waals surface area contributed by atoms with Gasteiger partial charge in [-0.25, -0.2) is 0 Å². The number of halogens is 1. The zero-order valence-corrected chi connectivity index (χ0v) is 19.2. The Balaban J connectivity index is 1.20. The maximum atomic E-state index is 12.5. The van der Waals surface area contributed by atoms with Crippen molar-refractivity contribution in [2.24, 2.45) is 4.99 Å². The number of anilines is 1. The Labute approximate surface area is 198 Å². The van der Waals surface area contributed by atoms with E-state index in [1.54, 1.807) is 0 Å². The second kappa shape index (κ2) is 9.32. The molecule has 0 unspecified atom stereocenters. The van der Waals surface area contributed by atoms with E-state index in [4.69, 9.17) is 16.3 Å². The van der Waals surface area contributed by atoms with Crippen LogP contribution in [0, 0.1) is 0 Å². The molecule has 162 valence electrons. The van der Waals surface area contributed by atoms with Crippen molar-refractivity contribution >= 4 is 58.1 Å². The van der Waals surface area contributed by atoms with Gasteiger partial charge in [-0.15, -0.1) is 0 Å². The summed E-state index contributed by atoms with van der Waals surface area (Å²) in [5.74, 6) is 2.05. The number of ether oxygens (including phenoxy) is 1. The number of piperazine rings is 1. The van der Waals surface area contributed by atoms with Gasteiger partial charge in [-0.2, -0.15) is 13.7 Å². The van der Waals surface area contributed by atoms with E-state index in [9.17, 15) is 4.79 Å². The molecule has 1 saturated heterocycles. The van der Waals surface area contributed by atoms with E-state index in [1.807, 2.05) is 60.7 Å². The number of thioether (sulfide) groups is 1. The summed E-state index contributed by atoms with van der Waals surface area (Å²) in [5, 5.41) is 1.18. The monoisotopic (exact) mass is 483 g/mol. The van der Waals surface area contributed by atoms with Crippen LogP contribution in [0.5, 0.6) is 11.5 Å². The number of para-hydroxylation sites is 1. The number of amides is 1. The lowest BCUT2D eigenvalue weighted by atomic mass is 10.2. The van der Waals surface area contributed by atoms with E-state index in [2.05, 4.69) is 23.5 Å². The Hall–Kier alpha value is -2.88. The lowest BCUT2D eigenvalue weighted by Gasteiger charge is -2.35. The number of nitrogens with zero attached hydrogens (tertiary/aromatic N) is 5. The molecule has 1 aromatic heterocycles. The van der Waals surface area contributed by atoms with Gasteiger partial charge in [0, 0.05) is 26.2 Å². The van der Waals surface area contributed by atoms with Crippen molar-refractivity contribution < 1.29 is 9.53 Å². The van der Waals surface area contributed by atoms with Gasteiger partial charge in [0.05, 0.1) is 16.6 Å². The van der Waals surface area contributed by atoms with Gasteiger partial charge in [0.25, 0.3) is 5.91 Å². The Morgan fingerprint density at radius 2 is 1.59 bits per heavy atom. The lowest BCUT2D eigenvalue weighted by Crippen LogP contribution is -2.48. The van der Waals surface area contributed by atoms with Crippen molar-refractivity contribution in [3.63, 3.8) is 0 Å². The fourth-order valence-corrected chi connectivity index (χ4v) is 5.16. The smallest absolute Gasteiger partial charge is 0.286 e. The minimum Gasteiger partial charge on any atom is -0.457 e. The lowest BCUT2D eigenvalue weighted by molar-refractivity contribution is -0.113. The third-order valence-electron chi connectivity index (χ3n) is 5.05. The molecule has 0 bridgehead atoms. The summed E-state index contributed by atoms with van der Waals surface area (Å²) in [6, 6.07) is 17.3. The standard InChI is InChI=1S/C22H18ClN5O2S2/c23-19-20(26-32-25-19)27-10-12-28(13-11-27)22-24-21(29)18(31-22)14-15-6-8-17(9-7-15)30-16-4-2-1-3-5-16/h1-9,14H,10-13H2/b18-14+. The van der Waals surface area contributed by atoms with Crippen LogP contribution in [0.15, 0.2) is 64.5 Å². The fourth-order valence-electron chi connectivity index (χ4n) is 3.41. The van der Waals surface area contributed by atoms with E-state index in [-0.39, 0.29) is 5.91 Å². The van der Waals surface area contributed by atoms with Gasteiger partial charge in [-0.1, -0.05) is 41.9 Å². The maximum absolute atomic E-state index is 12.5. The Kier molecular flexibility index (Phi) is 6.11. The molecule has 3 aromatic rings. The molecule has 0 saturated carbocycles. The highest BCUT2D eigenvalue weighted by molar-refractivity contribution is 8.18. The van der Waals surface area contributed by atoms with Crippen LogP contribution in [0.1, 0.15) is 5.56 Å². The predicted octanol–water partition coefficient (Wildman–Crippen LogP) is 4.78. The summed E-state index contributed by atoms with van der Waals surface area (Å²) < 4.78 is 14.1. The van der Waals surface area contributed by atoms with Crippen molar-refractivity contribution in [2.45, 2.75) is 0 Å². The van der Waals surface area contributed by atoms with E-state index in [0.29, 0.717) is 10.1 Å². The molecule has 7 nitrogen and oxygen atoms in total. The second-order valence-electron chi connectivity index (χ2n) is 7.15. The molecule has 1 amide bonds. The zero-order valence-electron chi connectivity index (χ0n) is 16.8. The first kappa shape index (κ1) is 21.0. The molecule has 3 heterocycles. The van der Waals surface area contributed by atoms with Crippen molar-refractivity contribution in [1.82, 2.24) is 13.6 Å². The van der Waals surface area contributed by atoms with Crippen LogP contribution < -0.4 is 9.64 Å². The number of amidine groups is 1. The number of carbonyl (C=O) groups is 1. The Morgan fingerprint density at radius 1 is 0.906 bits per heavy atom. The molecule has 0 atom stereocenters. The molecule has 2 aliphatic heterocycles. The van der Waals surface area contributed by atoms with Crippen LogP contribution in [-0.2, 0) is 4.79 Å². The zero-order chi connectivity index (χ0) is 21.9. The molecule has 2 aliphatic rings. The molecule has 32 heavy (non-hydrogen) atoms. The quantitative estimate of drug-likeness (QED) is 0.494. The second-order valence-corrected chi connectivity index (χ2v) is 9.04. The van der Waals surface area contributed by atoms with Crippen molar-refractivity contribution in [3.8, 4) is 11.5 Å².